The lowest BCUT2D eigenvalue weighted by molar-refractivity contribution is -0.134. The van der Waals surface area contributed by atoms with E-state index < -0.39 is 0 Å². The number of aryl methyl sites for hydroxylation is 1. The number of hydrogen-bond acceptors (Lipinski definition) is 4. The van der Waals surface area contributed by atoms with E-state index >= 15 is 0 Å². The van der Waals surface area contributed by atoms with Gasteiger partial charge < -0.3 is 14.2 Å². The van der Waals surface area contributed by atoms with Crippen LogP contribution < -0.4 is 0 Å². The molecule has 2 aliphatic rings. The minimum atomic E-state index is -0.000666. The van der Waals surface area contributed by atoms with Crippen LogP contribution in [-0.2, 0) is 4.79 Å². The number of likely N-dealkylation sites (tertiary alicyclic amines) is 1. The van der Waals surface area contributed by atoms with Crippen molar-refractivity contribution >= 4 is 22.9 Å². The molecule has 2 fully saturated rings. The minimum Gasteiger partial charge on any atom is -0.441 e. The van der Waals surface area contributed by atoms with Crippen molar-refractivity contribution in [1.29, 1.82) is 0 Å². The van der Waals surface area contributed by atoms with Gasteiger partial charge >= 0.3 is 0 Å². The molecule has 2 amide bonds. The third-order valence-corrected chi connectivity index (χ3v) is 5.80. The number of nitrogens with zero attached hydrogens (tertiary/aromatic N) is 3. The van der Waals surface area contributed by atoms with Gasteiger partial charge in [0.05, 0.1) is 0 Å². The largest absolute Gasteiger partial charge is 0.441 e. The number of carbonyl (C=O) groups excluding carboxylic acids is 2. The van der Waals surface area contributed by atoms with E-state index in [1.165, 1.54) is 0 Å². The SMILES string of the molecule is Cc1nc2ccc(C(=O)N(C)[C@H]3C[C@H]4CC(=O)N(C)C[C@H]4C3)cc2o1. The molecule has 0 unspecified atom stereocenters. The van der Waals surface area contributed by atoms with E-state index in [9.17, 15) is 9.59 Å². The highest BCUT2D eigenvalue weighted by Gasteiger charge is 2.42. The summed E-state index contributed by atoms with van der Waals surface area (Å²) in [7, 11) is 3.74. The quantitative estimate of drug-likeness (QED) is 0.841. The van der Waals surface area contributed by atoms with Gasteiger partial charge in [-0.25, -0.2) is 4.98 Å². The number of fused-ring (bicyclic) bond motifs is 2. The Morgan fingerprint density at radius 2 is 2.08 bits per heavy atom. The van der Waals surface area contributed by atoms with Gasteiger partial charge in [-0.15, -0.1) is 0 Å². The first-order chi connectivity index (χ1) is 11.9. The van der Waals surface area contributed by atoms with Gasteiger partial charge in [0.15, 0.2) is 11.5 Å². The lowest BCUT2D eigenvalue weighted by atomic mass is 9.88. The Bertz CT molecular complexity index is 844. The van der Waals surface area contributed by atoms with Gasteiger partial charge in [-0.05, 0) is 42.9 Å². The maximum Gasteiger partial charge on any atom is 0.253 e. The summed E-state index contributed by atoms with van der Waals surface area (Å²) in [6.07, 6.45) is 2.49. The molecule has 25 heavy (non-hydrogen) atoms. The van der Waals surface area contributed by atoms with Crippen molar-refractivity contribution in [1.82, 2.24) is 14.8 Å². The first kappa shape index (κ1) is 16.1. The van der Waals surface area contributed by atoms with E-state index in [0.717, 1.165) is 24.9 Å². The predicted molar refractivity (Wildman–Crippen MR) is 93.1 cm³/mol. The number of rotatable bonds is 2. The maximum absolute atomic E-state index is 12.9. The van der Waals surface area contributed by atoms with Gasteiger partial charge in [0.2, 0.25) is 5.91 Å². The molecule has 1 saturated carbocycles. The van der Waals surface area contributed by atoms with Crippen molar-refractivity contribution < 1.29 is 14.0 Å². The second kappa shape index (κ2) is 5.86. The topological polar surface area (TPSA) is 66.7 Å². The van der Waals surface area contributed by atoms with E-state index in [1.807, 2.05) is 36.0 Å². The zero-order chi connectivity index (χ0) is 17.7. The molecule has 3 atom stereocenters. The number of benzene rings is 1. The molecule has 1 aromatic carbocycles. The molecule has 132 valence electrons. The van der Waals surface area contributed by atoms with E-state index in [1.54, 1.807) is 13.0 Å². The summed E-state index contributed by atoms with van der Waals surface area (Å²) >= 11 is 0. The van der Waals surface area contributed by atoms with Crippen molar-refractivity contribution in [3.05, 3.63) is 29.7 Å². The lowest BCUT2D eigenvalue weighted by Gasteiger charge is -2.31. The fourth-order valence-corrected chi connectivity index (χ4v) is 4.35. The monoisotopic (exact) mass is 341 g/mol. The second-order valence-corrected chi connectivity index (χ2v) is 7.46. The molecule has 6 heteroatoms. The van der Waals surface area contributed by atoms with Gasteiger partial charge in [-0.2, -0.15) is 0 Å². The summed E-state index contributed by atoms with van der Waals surface area (Å²) in [5.74, 6) is 1.73. The van der Waals surface area contributed by atoms with Crippen LogP contribution in [0.3, 0.4) is 0 Å². The van der Waals surface area contributed by atoms with Crippen molar-refractivity contribution in [3.63, 3.8) is 0 Å². The molecule has 0 bridgehead atoms. The molecular formula is C19H23N3O3. The van der Waals surface area contributed by atoms with Crippen molar-refractivity contribution in [2.45, 2.75) is 32.2 Å². The number of amides is 2. The Balaban J connectivity index is 1.51. The van der Waals surface area contributed by atoms with Gasteiger partial charge in [0.25, 0.3) is 5.91 Å². The molecule has 1 aliphatic heterocycles. The Labute approximate surface area is 146 Å². The standard InChI is InChI=1S/C19H23N3O3/c1-11-20-16-5-4-12(8-17(16)25-11)19(24)22(3)15-6-13-9-18(23)21(2)10-14(13)7-15/h4-5,8,13-15H,6-7,9-10H2,1-3H3/t13-,14+,15-/m0/s1. The number of piperidine rings is 1. The first-order valence-electron chi connectivity index (χ1n) is 8.80. The summed E-state index contributed by atoms with van der Waals surface area (Å²) in [4.78, 5) is 32.8. The summed E-state index contributed by atoms with van der Waals surface area (Å²) in [5, 5.41) is 0. The van der Waals surface area contributed by atoms with Crippen LogP contribution in [0.1, 0.15) is 35.5 Å². The van der Waals surface area contributed by atoms with Crippen molar-refractivity contribution in [2.24, 2.45) is 11.8 Å². The number of hydrogen-bond donors (Lipinski definition) is 0. The van der Waals surface area contributed by atoms with E-state index in [0.29, 0.717) is 35.3 Å². The Kier molecular flexibility index (Phi) is 3.78. The van der Waals surface area contributed by atoms with Crippen LogP contribution in [0.15, 0.2) is 22.6 Å². The van der Waals surface area contributed by atoms with Gasteiger partial charge in [0.1, 0.15) is 5.52 Å². The van der Waals surface area contributed by atoms with E-state index in [4.69, 9.17) is 4.42 Å². The Morgan fingerprint density at radius 1 is 1.32 bits per heavy atom. The van der Waals surface area contributed by atoms with Crippen LogP contribution in [0.25, 0.3) is 11.1 Å². The Morgan fingerprint density at radius 3 is 2.88 bits per heavy atom. The second-order valence-electron chi connectivity index (χ2n) is 7.46. The number of carbonyl (C=O) groups is 2. The molecule has 2 aromatic rings. The van der Waals surface area contributed by atoms with Gasteiger partial charge in [-0.3, -0.25) is 9.59 Å². The molecule has 1 aromatic heterocycles. The highest BCUT2D eigenvalue weighted by Crippen LogP contribution is 2.40. The third-order valence-electron chi connectivity index (χ3n) is 5.80. The minimum absolute atomic E-state index is 0.000666. The van der Waals surface area contributed by atoms with Crippen molar-refractivity contribution in [2.75, 3.05) is 20.6 Å². The predicted octanol–water partition coefficient (Wildman–Crippen LogP) is 2.47. The van der Waals surface area contributed by atoms with Gasteiger partial charge in [0, 0.05) is 45.6 Å². The molecule has 0 spiro atoms. The van der Waals surface area contributed by atoms with E-state index in [2.05, 4.69) is 4.98 Å². The van der Waals surface area contributed by atoms with Crippen LogP contribution >= 0.6 is 0 Å². The summed E-state index contributed by atoms with van der Waals surface area (Å²) < 4.78 is 5.54. The summed E-state index contributed by atoms with van der Waals surface area (Å²) in [6.45, 7) is 2.61. The van der Waals surface area contributed by atoms with Crippen LogP contribution in [-0.4, -0.2) is 53.3 Å². The zero-order valence-corrected chi connectivity index (χ0v) is 14.9. The van der Waals surface area contributed by atoms with Crippen LogP contribution in [0.5, 0.6) is 0 Å². The van der Waals surface area contributed by atoms with Crippen LogP contribution in [0.2, 0.25) is 0 Å². The number of aromatic nitrogens is 1. The fraction of sp³-hybridized carbons (Fsp3) is 0.526. The molecule has 2 heterocycles. The fourth-order valence-electron chi connectivity index (χ4n) is 4.35. The normalized spacial score (nSPS) is 26.1. The number of oxazole rings is 1. The summed E-state index contributed by atoms with van der Waals surface area (Å²) in [6, 6.07) is 5.60. The lowest BCUT2D eigenvalue weighted by Crippen LogP contribution is -2.39. The molecular weight excluding hydrogens is 318 g/mol. The van der Waals surface area contributed by atoms with Gasteiger partial charge in [-0.1, -0.05) is 0 Å². The van der Waals surface area contributed by atoms with E-state index in [-0.39, 0.29) is 17.9 Å². The molecule has 0 radical (unpaired) electrons. The third kappa shape index (κ3) is 2.79. The molecule has 0 N–H and O–H groups in total. The highest BCUT2D eigenvalue weighted by molar-refractivity contribution is 5.97. The molecule has 1 saturated heterocycles. The highest BCUT2D eigenvalue weighted by atomic mass is 16.3. The first-order valence-corrected chi connectivity index (χ1v) is 8.80. The maximum atomic E-state index is 12.9. The average molecular weight is 341 g/mol. The summed E-state index contributed by atoms with van der Waals surface area (Å²) in [5.41, 5.74) is 2.03. The zero-order valence-electron chi connectivity index (χ0n) is 14.9. The molecule has 4 rings (SSSR count). The molecule has 1 aliphatic carbocycles. The van der Waals surface area contributed by atoms with Crippen molar-refractivity contribution in [3.8, 4) is 0 Å². The molecule has 6 nitrogen and oxygen atoms in total. The van der Waals surface area contributed by atoms with Crippen LogP contribution in [0.4, 0.5) is 0 Å². The Hall–Kier alpha value is -2.37. The van der Waals surface area contributed by atoms with Crippen LogP contribution in [0, 0.1) is 18.8 Å². The smallest absolute Gasteiger partial charge is 0.253 e. The average Bonchev–Trinajstić information content (AvgIpc) is 3.15.